The van der Waals surface area contributed by atoms with Crippen LogP contribution in [0.5, 0.6) is 0 Å². The Morgan fingerprint density at radius 2 is 2.12 bits per heavy atom. The van der Waals surface area contributed by atoms with Gasteiger partial charge in [-0.2, -0.15) is 5.26 Å². The fourth-order valence-electron chi connectivity index (χ4n) is 2.38. The topological polar surface area (TPSA) is 33.0 Å². The van der Waals surface area contributed by atoms with E-state index in [1.165, 1.54) is 5.56 Å². The lowest BCUT2D eigenvalue weighted by molar-refractivity contribution is 0.121. The van der Waals surface area contributed by atoms with Crippen molar-refractivity contribution in [2.45, 2.75) is 38.1 Å². The van der Waals surface area contributed by atoms with Gasteiger partial charge in [-0.15, -0.1) is 0 Å². The number of rotatable bonds is 2. The molecule has 0 saturated carbocycles. The van der Waals surface area contributed by atoms with E-state index < -0.39 is 13.9 Å². The zero-order valence-electron chi connectivity index (χ0n) is 10.4. The van der Waals surface area contributed by atoms with E-state index in [0.717, 1.165) is 22.9 Å². The molecule has 0 fully saturated rings. The summed E-state index contributed by atoms with van der Waals surface area (Å²) < 4.78 is 7.23. The first-order valence-corrected chi connectivity index (χ1v) is 9.97. The van der Waals surface area contributed by atoms with E-state index >= 15 is 0 Å². The summed E-state index contributed by atoms with van der Waals surface area (Å²) in [6.07, 6.45) is 1.70. The lowest BCUT2D eigenvalue weighted by Gasteiger charge is -2.31. The van der Waals surface area contributed by atoms with Gasteiger partial charge in [-0.3, -0.25) is 0 Å². The van der Waals surface area contributed by atoms with Crippen LogP contribution in [0.2, 0.25) is 19.6 Å². The van der Waals surface area contributed by atoms with Gasteiger partial charge < -0.3 is 4.43 Å². The molecule has 0 N–H and O–H groups in total. The number of fused-ring (bicyclic) bond motifs is 1. The molecule has 1 aliphatic rings. The Kier molecular flexibility index (Phi) is 3.19. The molecule has 0 aromatic heterocycles. The van der Waals surface area contributed by atoms with Crippen molar-refractivity contribution >= 4 is 24.2 Å². The highest BCUT2D eigenvalue weighted by atomic mass is 79.9. The zero-order valence-corrected chi connectivity index (χ0v) is 13.0. The molecular weight excluding hydrogens is 294 g/mol. The SMILES string of the molecule is C[Si](C)(C)OC1(C#N)CCc2cc(Br)ccc21. The van der Waals surface area contributed by atoms with Crippen LogP contribution in [-0.4, -0.2) is 8.32 Å². The van der Waals surface area contributed by atoms with Gasteiger partial charge in [0, 0.05) is 10.0 Å². The number of nitriles is 1. The first-order valence-electron chi connectivity index (χ1n) is 5.77. The standard InChI is InChI=1S/C13H16BrNOSi/c1-17(2,3)16-13(9-15)7-6-10-8-11(14)4-5-12(10)13/h4-5,8H,6-7H2,1-3H3. The Balaban J connectivity index is 2.45. The molecule has 1 unspecified atom stereocenters. The number of aryl methyl sites for hydroxylation is 1. The van der Waals surface area contributed by atoms with Crippen LogP contribution in [0.4, 0.5) is 0 Å². The Morgan fingerprint density at radius 1 is 1.41 bits per heavy atom. The summed E-state index contributed by atoms with van der Waals surface area (Å²) in [6.45, 7) is 6.38. The molecule has 1 aromatic carbocycles. The van der Waals surface area contributed by atoms with Gasteiger partial charge in [0.25, 0.3) is 0 Å². The maximum atomic E-state index is 9.53. The second-order valence-electron chi connectivity index (χ2n) is 5.45. The van der Waals surface area contributed by atoms with Crippen LogP contribution in [0, 0.1) is 11.3 Å². The number of hydrogen-bond acceptors (Lipinski definition) is 2. The van der Waals surface area contributed by atoms with E-state index in [1.807, 2.05) is 12.1 Å². The van der Waals surface area contributed by atoms with E-state index in [4.69, 9.17) is 4.43 Å². The minimum Gasteiger partial charge on any atom is -0.396 e. The van der Waals surface area contributed by atoms with Crippen molar-refractivity contribution in [3.05, 3.63) is 33.8 Å². The third-order valence-corrected chi connectivity index (χ3v) is 4.36. The summed E-state index contributed by atoms with van der Waals surface area (Å²) in [5, 5.41) is 9.53. The van der Waals surface area contributed by atoms with Crippen molar-refractivity contribution in [2.75, 3.05) is 0 Å². The van der Waals surface area contributed by atoms with E-state index in [9.17, 15) is 5.26 Å². The fourth-order valence-corrected chi connectivity index (χ4v) is 4.09. The van der Waals surface area contributed by atoms with Crippen LogP contribution in [0.1, 0.15) is 17.5 Å². The van der Waals surface area contributed by atoms with Crippen LogP contribution in [0.25, 0.3) is 0 Å². The fraction of sp³-hybridized carbons (Fsp3) is 0.462. The number of hydrogen-bond donors (Lipinski definition) is 0. The van der Waals surface area contributed by atoms with Crippen molar-refractivity contribution in [2.24, 2.45) is 0 Å². The van der Waals surface area contributed by atoms with E-state index in [-0.39, 0.29) is 0 Å². The summed E-state index contributed by atoms with van der Waals surface area (Å²) in [4.78, 5) is 0. The summed E-state index contributed by atoms with van der Waals surface area (Å²) in [7, 11) is -1.73. The lowest BCUT2D eigenvalue weighted by Crippen LogP contribution is -2.38. The largest absolute Gasteiger partial charge is 0.396 e. The molecule has 1 atom stereocenters. The molecule has 17 heavy (non-hydrogen) atoms. The molecule has 0 aliphatic heterocycles. The summed E-state index contributed by atoms with van der Waals surface area (Å²) >= 11 is 3.47. The van der Waals surface area contributed by atoms with Gasteiger partial charge in [0.05, 0.1) is 0 Å². The highest BCUT2D eigenvalue weighted by Gasteiger charge is 2.43. The van der Waals surface area contributed by atoms with Crippen LogP contribution in [0.15, 0.2) is 22.7 Å². The summed E-state index contributed by atoms with van der Waals surface area (Å²) in [6, 6.07) is 8.52. The van der Waals surface area contributed by atoms with E-state index in [0.29, 0.717) is 0 Å². The summed E-state index contributed by atoms with van der Waals surface area (Å²) in [5.41, 5.74) is 1.59. The predicted octanol–water partition coefficient (Wildman–Crippen LogP) is 3.97. The molecule has 4 heteroatoms. The third kappa shape index (κ3) is 2.47. The first kappa shape index (κ1) is 12.8. The predicted molar refractivity (Wildman–Crippen MR) is 74.2 cm³/mol. The Morgan fingerprint density at radius 3 is 2.71 bits per heavy atom. The van der Waals surface area contributed by atoms with Crippen LogP contribution in [0.3, 0.4) is 0 Å². The molecule has 2 rings (SSSR count). The van der Waals surface area contributed by atoms with Gasteiger partial charge in [-0.1, -0.05) is 22.0 Å². The Hall–Kier alpha value is -0.633. The third-order valence-electron chi connectivity index (χ3n) is 2.91. The quantitative estimate of drug-likeness (QED) is 0.775. The van der Waals surface area contributed by atoms with Crippen molar-refractivity contribution in [1.29, 1.82) is 5.26 Å². The zero-order chi connectivity index (χ0) is 12.7. The van der Waals surface area contributed by atoms with Crippen LogP contribution >= 0.6 is 15.9 Å². The van der Waals surface area contributed by atoms with Gasteiger partial charge in [0.1, 0.15) is 6.07 Å². The summed E-state index contributed by atoms with van der Waals surface area (Å²) in [5.74, 6) is 0. The van der Waals surface area contributed by atoms with Crippen molar-refractivity contribution in [3.8, 4) is 6.07 Å². The van der Waals surface area contributed by atoms with Crippen molar-refractivity contribution in [3.63, 3.8) is 0 Å². The second kappa shape index (κ2) is 4.24. The highest BCUT2D eigenvalue weighted by molar-refractivity contribution is 9.10. The van der Waals surface area contributed by atoms with Crippen molar-refractivity contribution in [1.82, 2.24) is 0 Å². The highest BCUT2D eigenvalue weighted by Crippen LogP contribution is 2.42. The second-order valence-corrected chi connectivity index (χ2v) is 10.8. The molecule has 90 valence electrons. The molecule has 0 amide bonds. The maximum Gasteiger partial charge on any atom is 0.186 e. The normalized spacial score (nSPS) is 23.2. The number of halogens is 1. The molecule has 0 saturated heterocycles. The molecule has 0 spiro atoms. The minimum atomic E-state index is -1.73. The molecule has 0 bridgehead atoms. The molecule has 1 aliphatic carbocycles. The van der Waals surface area contributed by atoms with Gasteiger partial charge in [0.15, 0.2) is 13.9 Å². The van der Waals surface area contributed by atoms with Crippen molar-refractivity contribution < 1.29 is 4.43 Å². The molecular formula is C13H16BrNOSi. The number of nitrogens with zero attached hydrogens (tertiary/aromatic N) is 1. The molecule has 0 radical (unpaired) electrons. The van der Waals surface area contributed by atoms with Crippen LogP contribution in [-0.2, 0) is 16.4 Å². The smallest absolute Gasteiger partial charge is 0.186 e. The van der Waals surface area contributed by atoms with E-state index in [1.54, 1.807) is 0 Å². The van der Waals surface area contributed by atoms with Gasteiger partial charge in [-0.25, -0.2) is 0 Å². The molecule has 1 aromatic rings. The van der Waals surface area contributed by atoms with Gasteiger partial charge in [-0.05, 0) is 50.2 Å². The average Bonchev–Trinajstić information content (AvgIpc) is 2.55. The Bertz CT molecular complexity index is 489. The minimum absolute atomic E-state index is 0.708. The molecule has 2 nitrogen and oxygen atoms in total. The lowest BCUT2D eigenvalue weighted by atomic mass is 9.98. The first-order chi connectivity index (χ1) is 7.86. The van der Waals surface area contributed by atoms with Gasteiger partial charge in [0.2, 0.25) is 0 Å². The average molecular weight is 310 g/mol. The monoisotopic (exact) mass is 309 g/mol. The Labute approximate surface area is 112 Å². The van der Waals surface area contributed by atoms with Crippen LogP contribution < -0.4 is 0 Å². The maximum absolute atomic E-state index is 9.53. The number of benzene rings is 1. The van der Waals surface area contributed by atoms with E-state index in [2.05, 4.69) is 47.7 Å². The van der Waals surface area contributed by atoms with Gasteiger partial charge >= 0.3 is 0 Å². The molecule has 0 heterocycles.